The number of anilines is 1. The van der Waals surface area contributed by atoms with Gasteiger partial charge in [-0.05, 0) is 40.2 Å². The second-order valence-corrected chi connectivity index (χ2v) is 9.28. The first-order valence-electron chi connectivity index (χ1n) is 11.6. The Labute approximate surface area is 174 Å². The fraction of sp³-hybridized carbons (Fsp3) is 0.750. The molecular formula is C24H42BNO2. The van der Waals surface area contributed by atoms with Crippen LogP contribution in [0.3, 0.4) is 0 Å². The standard InChI is InChI=1S/C24H42BNO2/c1-6-7-8-9-10-11-12-13-14-17-20-26-22-19-16-15-18-21(22)25-27-23(2,3)24(4,5)28-25/h15-16,18-19,26H,6-14,17,20H2,1-5H3. The normalized spacial score (nSPS) is 17.8. The third-order valence-corrected chi connectivity index (χ3v) is 6.31. The summed E-state index contributed by atoms with van der Waals surface area (Å²) in [5.74, 6) is 0. The molecule has 0 saturated carbocycles. The van der Waals surface area contributed by atoms with Gasteiger partial charge in [0.2, 0.25) is 0 Å². The number of hydrogen-bond donors (Lipinski definition) is 1. The molecule has 28 heavy (non-hydrogen) atoms. The van der Waals surface area contributed by atoms with Gasteiger partial charge in [0.1, 0.15) is 0 Å². The first kappa shape index (κ1) is 23.3. The van der Waals surface area contributed by atoms with E-state index in [1.165, 1.54) is 64.2 Å². The lowest BCUT2D eigenvalue weighted by Crippen LogP contribution is -2.41. The van der Waals surface area contributed by atoms with E-state index in [1.54, 1.807) is 0 Å². The predicted molar refractivity (Wildman–Crippen MR) is 122 cm³/mol. The van der Waals surface area contributed by atoms with Crippen LogP contribution in [0.2, 0.25) is 0 Å². The van der Waals surface area contributed by atoms with E-state index in [9.17, 15) is 0 Å². The zero-order chi connectivity index (χ0) is 20.5. The van der Waals surface area contributed by atoms with Crippen LogP contribution in [0, 0.1) is 0 Å². The van der Waals surface area contributed by atoms with Crippen LogP contribution >= 0.6 is 0 Å². The highest BCUT2D eigenvalue weighted by Gasteiger charge is 2.52. The molecule has 0 unspecified atom stereocenters. The predicted octanol–water partition coefficient (Wildman–Crippen LogP) is 6.32. The second-order valence-electron chi connectivity index (χ2n) is 9.28. The van der Waals surface area contributed by atoms with Crippen molar-refractivity contribution in [2.45, 2.75) is 110 Å². The van der Waals surface area contributed by atoms with Crippen LogP contribution in [-0.4, -0.2) is 24.9 Å². The topological polar surface area (TPSA) is 30.5 Å². The van der Waals surface area contributed by atoms with Crippen molar-refractivity contribution >= 4 is 18.3 Å². The van der Waals surface area contributed by atoms with Crippen molar-refractivity contribution in [2.24, 2.45) is 0 Å². The van der Waals surface area contributed by atoms with E-state index in [0.29, 0.717) is 0 Å². The van der Waals surface area contributed by atoms with Gasteiger partial charge in [-0.1, -0.05) is 82.9 Å². The summed E-state index contributed by atoms with van der Waals surface area (Å²) in [5, 5.41) is 3.61. The number of para-hydroxylation sites is 1. The molecule has 1 saturated heterocycles. The molecule has 0 spiro atoms. The van der Waals surface area contributed by atoms with E-state index in [-0.39, 0.29) is 18.3 Å². The first-order valence-corrected chi connectivity index (χ1v) is 11.6. The zero-order valence-electron chi connectivity index (χ0n) is 19.0. The quantitative estimate of drug-likeness (QED) is 0.317. The number of nitrogens with one attached hydrogen (secondary N) is 1. The minimum absolute atomic E-state index is 0.304. The highest BCUT2D eigenvalue weighted by atomic mass is 16.7. The van der Waals surface area contributed by atoms with Gasteiger partial charge in [-0.15, -0.1) is 0 Å². The summed E-state index contributed by atoms with van der Waals surface area (Å²) in [6.45, 7) is 11.7. The molecule has 3 nitrogen and oxygen atoms in total. The lowest BCUT2D eigenvalue weighted by Gasteiger charge is -2.32. The Kier molecular flexibility index (Phi) is 9.36. The summed E-state index contributed by atoms with van der Waals surface area (Å²) >= 11 is 0. The van der Waals surface area contributed by atoms with Crippen molar-refractivity contribution in [3.63, 3.8) is 0 Å². The molecule has 1 aliphatic heterocycles. The molecule has 2 rings (SSSR count). The molecule has 1 heterocycles. The summed E-state index contributed by atoms with van der Waals surface area (Å²) in [4.78, 5) is 0. The SMILES string of the molecule is CCCCCCCCCCCCNc1ccccc1B1OC(C)(C)C(C)(C)O1. The van der Waals surface area contributed by atoms with Gasteiger partial charge in [-0.2, -0.15) is 0 Å². The minimum Gasteiger partial charge on any atom is -0.399 e. The Morgan fingerprint density at radius 1 is 0.750 bits per heavy atom. The summed E-state index contributed by atoms with van der Waals surface area (Å²) in [7, 11) is -0.304. The molecule has 0 bridgehead atoms. The van der Waals surface area contributed by atoms with E-state index in [4.69, 9.17) is 9.31 Å². The van der Waals surface area contributed by atoms with Gasteiger partial charge in [0.05, 0.1) is 11.2 Å². The molecule has 0 aliphatic carbocycles. The molecule has 1 aromatic rings. The van der Waals surface area contributed by atoms with Crippen molar-refractivity contribution in [1.82, 2.24) is 0 Å². The molecule has 1 aromatic carbocycles. The highest BCUT2D eigenvalue weighted by Crippen LogP contribution is 2.37. The highest BCUT2D eigenvalue weighted by molar-refractivity contribution is 6.63. The summed E-state index contributed by atoms with van der Waals surface area (Å²) in [5.41, 5.74) is 1.63. The molecule has 1 aliphatic rings. The van der Waals surface area contributed by atoms with Gasteiger partial charge in [-0.3, -0.25) is 0 Å². The number of unbranched alkanes of at least 4 members (excludes halogenated alkanes) is 9. The van der Waals surface area contributed by atoms with E-state index in [2.05, 4.69) is 64.2 Å². The van der Waals surface area contributed by atoms with Crippen LogP contribution in [0.1, 0.15) is 98.8 Å². The van der Waals surface area contributed by atoms with Crippen LogP contribution in [0.25, 0.3) is 0 Å². The third-order valence-electron chi connectivity index (χ3n) is 6.31. The Morgan fingerprint density at radius 2 is 1.25 bits per heavy atom. The largest absolute Gasteiger partial charge is 0.496 e. The van der Waals surface area contributed by atoms with Gasteiger partial charge in [0.25, 0.3) is 0 Å². The summed E-state index contributed by atoms with van der Waals surface area (Å²) in [6.07, 6.45) is 13.7. The maximum absolute atomic E-state index is 6.24. The molecule has 0 aromatic heterocycles. The average Bonchev–Trinajstić information content (AvgIpc) is 2.87. The minimum atomic E-state index is -0.304. The molecule has 1 fully saturated rings. The van der Waals surface area contributed by atoms with Gasteiger partial charge in [0, 0.05) is 17.7 Å². The van der Waals surface area contributed by atoms with E-state index in [0.717, 1.165) is 17.7 Å². The number of rotatable bonds is 13. The molecule has 4 heteroatoms. The van der Waals surface area contributed by atoms with Gasteiger partial charge in [-0.25, -0.2) is 0 Å². The van der Waals surface area contributed by atoms with Crippen LogP contribution in [0.4, 0.5) is 5.69 Å². The third kappa shape index (κ3) is 6.81. The fourth-order valence-electron chi connectivity index (χ4n) is 3.67. The number of hydrogen-bond acceptors (Lipinski definition) is 3. The smallest absolute Gasteiger partial charge is 0.399 e. The Morgan fingerprint density at radius 3 is 1.82 bits per heavy atom. The van der Waals surface area contributed by atoms with Crippen LogP contribution < -0.4 is 10.8 Å². The first-order chi connectivity index (χ1) is 13.4. The summed E-state index contributed by atoms with van der Waals surface area (Å²) in [6, 6.07) is 8.39. The van der Waals surface area contributed by atoms with E-state index >= 15 is 0 Å². The van der Waals surface area contributed by atoms with Crippen LogP contribution in [-0.2, 0) is 9.31 Å². The molecular weight excluding hydrogens is 345 g/mol. The van der Waals surface area contributed by atoms with E-state index < -0.39 is 0 Å². The molecule has 0 atom stereocenters. The Hall–Kier alpha value is -0.995. The molecule has 0 radical (unpaired) electrons. The molecule has 1 N–H and O–H groups in total. The van der Waals surface area contributed by atoms with Gasteiger partial charge < -0.3 is 14.6 Å². The van der Waals surface area contributed by atoms with Crippen molar-refractivity contribution in [3.8, 4) is 0 Å². The van der Waals surface area contributed by atoms with Crippen LogP contribution in [0.15, 0.2) is 24.3 Å². The lowest BCUT2D eigenvalue weighted by molar-refractivity contribution is 0.00578. The number of benzene rings is 1. The van der Waals surface area contributed by atoms with Crippen molar-refractivity contribution < 1.29 is 9.31 Å². The Bertz CT molecular complexity index is 557. The second kappa shape index (κ2) is 11.3. The van der Waals surface area contributed by atoms with E-state index in [1.807, 2.05) is 0 Å². The summed E-state index contributed by atoms with van der Waals surface area (Å²) < 4.78 is 12.5. The monoisotopic (exact) mass is 387 g/mol. The van der Waals surface area contributed by atoms with Gasteiger partial charge >= 0.3 is 7.12 Å². The maximum Gasteiger partial charge on any atom is 0.496 e. The lowest BCUT2D eigenvalue weighted by atomic mass is 9.78. The molecule has 158 valence electrons. The van der Waals surface area contributed by atoms with Crippen LogP contribution in [0.5, 0.6) is 0 Å². The van der Waals surface area contributed by atoms with Crippen molar-refractivity contribution in [3.05, 3.63) is 24.3 Å². The maximum atomic E-state index is 6.24. The zero-order valence-corrected chi connectivity index (χ0v) is 19.0. The van der Waals surface area contributed by atoms with Crippen molar-refractivity contribution in [2.75, 3.05) is 11.9 Å². The van der Waals surface area contributed by atoms with Crippen molar-refractivity contribution in [1.29, 1.82) is 0 Å². The van der Waals surface area contributed by atoms with Gasteiger partial charge in [0.15, 0.2) is 0 Å². The molecule has 0 amide bonds. The Balaban J connectivity index is 1.68. The average molecular weight is 387 g/mol. The fourth-order valence-corrected chi connectivity index (χ4v) is 3.67.